The largest absolute Gasteiger partial charge is 0.316 e. The summed E-state index contributed by atoms with van der Waals surface area (Å²) in [5.41, 5.74) is 0. The second-order valence-corrected chi connectivity index (χ2v) is 7.70. The molecule has 0 aliphatic heterocycles. The maximum atomic E-state index is 3.57. The zero-order valence-electron chi connectivity index (χ0n) is 11.9. The van der Waals surface area contributed by atoms with Crippen LogP contribution in [-0.4, -0.2) is 18.3 Å². The zero-order chi connectivity index (χ0) is 13.7. The van der Waals surface area contributed by atoms with Gasteiger partial charge in [0.25, 0.3) is 0 Å². The molecule has 3 unspecified atom stereocenters. The fourth-order valence-electron chi connectivity index (χ4n) is 3.06. The first-order valence-corrected chi connectivity index (χ1v) is 8.99. The van der Waals surface area contributed by atoms with Crippen molar-refractivity contribution in [3.63, 3.8) is 0 Å². The molecule has 0 radical (unpaired) electrons. The second kappa shape index (κ2) is 7.70. The van der Waals surface area contributed by atoms with E-state index >= 15 is 0 Å². The molecular formula is C16H24BrNS. The minimum Gasteiger partial charge on any atom is -0.316 e. The molecule has 1 fully saturated rings. The van der Waals surface area contributed by atoms with Gasteiger partial charge in [-0.1, -0.05) is 41.8 Å². The van der Waals surface area contributed by atoms with Crippen LogP contribution < -0.4 is 5.32 Å². The van der Waals surface area contributed by atoms with Crippen molar-refractivity contribution in [2.75, 3.05) is 7.05 Å². The van der Waals surface area contributed by atoms with Crippen molar-refractivity contribution in [3.05, 3.63) is 28.7 Å². The summed E-state index contributed by atoms with van der Waals surface area (Å²) in [7, 11) is 2.11. The van der Waals surface area contributed by atoms with E-state index in [4.69, 9.17) is 0 Å². The third-order valence-electron chi connectivity index (χ3n) is 4.05. The lowest BCUT2D eigenvalue weighted by molar-refractivity contribution is 0.295. The van der Waals surface area contributed by atoms with E-state index in [0.717, 1.165) is 5.92 Å². The lowest BCUT2D eigenvalue weighted by Gasteiger charge is -2.35. The molecule has 19 heavy (non-hydrogen) atoms. The van der Waals surface area contributed by atoms with Crippen LogP contribution in [0.15, 0.2) is 33.6 Å². The number of halogens is 1. The Hall–Kier alpha value is 0.01000. The van der Waals surface area contributed by atoms with Crippen molar-refractivity contribution in [3.8, 4) is 0 Å². The fraction of sp³-hybridized carbons (Fsp3) is 0.625. The minimum atomic E-state index is 0.664. The van der Waals surface area contributed by atoms with E-state index in [1.54, 1.807) is 0 Å². The van der Waals surface area contributed by atoms with E-state index < -0.39 is 0 Å². The maximum absolute atomic E-state index is 3.57. The van der Waals surface area contributed by atoms with E-state index in [9.17, 15) is 0 Å². The van der Waals surface area contributed by atoms with E-state index in [0.29, 0.717) is 11.3 Å². The van der Waals surface area contributed by atoms with Crippen LogP contribution in [0.25, 0.3) is 0 Å². The van der Waals surface area contributed by atoms with Gasteiger partial charge in [0.2, 0.25) is 0 Å². The number of benzene rings is 1. The van der Waals surface area contributed by atoms with Crippen molar-refractivity contribution < 1.29 is 0 Å². The molecule has 1 nitrogen and oxygen atoms in total. The summed E-state index contributed by atoms with van der Waals surface area (Å²) in [5, 5.41) is 4.23. The van der Waals surface area contributed by atoms with Crippen molar-refractivity contribution in [2.45, 2.75) is 55.2 Å². The molecule has 0 aromatic heterocycles. The average Bonchev–Trinajstić information content (AvgIpc) is 2.39. The summed E-state index contributed by atoms with van der Waals surface area (Å²) in [6.45, 7) is 2.31. The van der Waals surface area contributed by atoms with Gasteiger partial charge in [-0.15, -0.1) is 11.8 Å². The molecule has 1 aromatic rings. The van der Waals surface area contributed by atoms with Crippen molar-refractivity contribution in [1.29, 1.82) is 0 Å². The highest BCUT2D eigenvalue weighted by Crippen LogP contribution is 2.38. The Bertz CT molecular complexity index is 396. The van der Waals surface area contributed by atoms with Gasteiger partial charge in [0, 0.05) is 20.7 Å². The van der Waals surface area contributed by atoms with Crippen molar-refractivity contribution in [2.24, 2.45) is 5.92 Å². The van der Waals surface area contributed by atoms with Crippen LogP contribution >= 0.6 is 27.7 Å². The third-order valence-corrected chi connectivity index (χ3v) is 5.89. The molecule has 3 heteroatoms. The SMILES string of the molecule is CCCC1CCC(NC)C(Sc2cccc(Br)c2)C1. The number of rotatable bonds is 5. The molecule has 0 bridgehead atoms. The highest BCUT2D eigenvalue weighted by atomic mass is 79.9. The molecule has 1 N–H and O–H groups in total. The Morgan fingerprint density at radius 2 is 2.21 bits per heavy atom. The summed E-state index contributed by atoms with van der Waals surface area (Å²) in [6, 6.07) is 9.36. The average molecular weight is 342 g/mol. The third kappa shape index (κ3) is 4.51. The fourth-order valence-corrected chi connectivity index (χ4v) is 5.12. The van der Waals surface area contributed by atoms with Gasteiger partial charge in [-0.2, -0.15) is 0 Å². The molecule has 0 amide bonds. The van der Waals surface area contributed by atoms with Gasteiger partial charge in [0.1, 0.15) is 0 Å². The highest BCUT2D eigenvalue weighted by molar-refractivity contribution is 9.10. The quantitative estimate of drug-likeness (QED) is 0.799. The zero-order valence-corrected chi connectivity index (χ0v) is 14.3. The molecule has 3 atom stereocenters. The number of nitrogens with one attached hydrogen (secondary N) is 1. The Morgan fingerprint density at radius 1 is 1.37 bits per heavy atom. The van der Waals surface area contributed by atoms with E-state index in [-0.39, 0.29) is 0 Å². The molecule has 0 spiro atoms. The summed E-state index contributed by atoms with van der Waals surface area (Å²) in [6.07, 6.45) is 6.80. The van der Waals surface area contributed by atoms with Gasteiger partial charge in [-0.05, 0) is 50.4 Å². The van der Waals surface area contributed by atoms with Crippen LogP contribution in [0.2, 0.25) is 0 Å². The van der Waals surface area contributed by atoms with Gasteiger partial charge in [-0.3, -0.25) is 0 Å². The van der Waals surface area contributed by atoms with E-state index in [2.05, 4.69) is 59.5 Å². The Kier molecular flexibility index (Phi) is 6.24. The number of hydrogen-bond donors (Lipinski definition) is 1. The monoisotopic (exact) mass is 341 g/mol. The molecule has 1 aliphatic rings. The first kappa shape index (κ1) is 15.4. The van der Waals surface area contributed by atoms with Crippen molar-refractivity contribution >= 4 is 27.7 Å². The van der Waals surface area contributed by atoms with Crippen molar-refractivity contribution in [1.82, 2.24) is 5.32 Å². The van der Waals surface area contributed by atoms with Gasteiger partial charge < -0.3 is 5.32 Å². The lowest BCUT2D eigenvalue weighted by Crippen LogP contribution is -2.40. The maximum Gasteiger partial charge on any atom is 0.0250 e. The first-order chi connectivity index (χ1) is 9.22. The van der Waals surface area contributed by atoms with Gasteiger partial charge >= 0.3 is 0 Å². The van der Waals surface area contributed by atoms with Crippen LogP contribution in [0.5, 0.6) is 0 Å². The number of hydrogen-bond acceptors (Lipinski definition) is 2. The van der Waals surface area contributed by atoms with Crippen LogP contribution in [0.4, 0.5) is 0 Å². The van der Waals surface area contributed by atoms with Gasteiger partial charge in [0.05, 0.1) is 0 Å². The summed E-state index contributed by atoms with van der Waals surface area (Å²) in [4.78, 5) is 1.39. The molecule has 2 rings (SSSR count). The van der Waals surface area contributed by atoms with Crippen LogP contribution in [0.3, 0.4) is 0 Å². The molecule has 1 saturated carbocycles. The smallest absolute Gasteiger partial charge is 0.0250 e. The predicted molar refractivity (Wildman–Crippen MR) is 88.9 cm³/mol. The molecule has 1 aromatic carbocycles. The standard InChI is InChI=1S/C16H24BrNS/c1-3-5-12-8-9-15(18-2)16(10-12)19-14-7-4-6-13(17)11-14/h4,6-7,11-12,15-16,18H,3,5,8-10H2,1-2H3. The van der Waals surface area contributed by atoms with Gasteiger partial charge in [-0.25, -0.2) is 0 Å². The number of thioether (sulfide) groups is 1. The summed E-state index contributed by atoms with van der Waals surface area (Å²) < 4.78 is 1.18. The van der Waals surface area contributed by atoms with Crippen LogP contribution in [0, 0.1) is 5.92 Å². The van der Waals surface area contributed by atoms with Crippen LogP contribution in [0.1, 0.15) is 39.0 Å². The first-order valence-electron chi connectivity index (χ1n) is 7.32. The Morgan fingerprint density at radius 3 is 2.89 bits per heavy atom. The molecule has 0 heterocycles. The summed E-state index contributed by atoms with van der Waals surface area (Å²) >= 11 is 5.62. The molecule has 106 valence electrons. The van der Waals surface area contributed by atoms with Crippen LogP contribution in [-0.2, 0) is 0 Å². The Labute approximate surface area is 130 Å². The summed E-state index contributed by atoms with van der Waals surface area (Å²) in [5.74, 6) is 0.930. The topological polar surface area (TPSA) is 12.0 Å². The predicted octanol–water partition coefficient (Wildman–Crippen LogP) is 5.10. The Balaban J connectivity index is 2.01. The van der Waals surface area contributed by atoms with Gasteiger partial charge in [0.15, 0.2) is 0 Å². The van der Waals surface area contributed by atoms with E-state index in [1.807, 2.05) is 11.8 Å². The normalized spacial score (nSPS) is 27.4. The molecule has 1 aliphatic carbocycles. The molecular weight excluding hydrogens is 318 g/mol. The lowest BCUT2D eigenvalue weighted by atomic mass is 9.83. The molecule has 0 saturated heterocycles. The minimum absolute atomic E-state index is 0.664. The highest BCUT2D eigenvalue weighted by Gasteiger charge is 2.29. The second-order valence-electron chi connectivity index (χ2n) is 5.48. The van der Waals surface area contributed by atoms with E-state index in [1.165, 1.54) is 41.5 Å².